The molecule has 1 atom stereocenters. The van der Waals surface area contributed by atoms with Crippen LogP contribution < -0.4 is 10.1 Å². The molecule has 0 fully saturated rings. The molecule has 0 radical (unpaired) electrons. The maximum Gasteiger partial charge on any atom is 0.138 e. The van der Waals surface area contributed by atoms with E-state index in [9.17, 15) is 5.11 Å². The van der Waals surface area contributed by atoms with Gasteiger partial charge in [-0.15, -0.1) is 0 Å². The minimum atomic E-state index is -0.927. The van der Waals surface area contributed by atoms with Gasteiger partial charge in [0.1, 0.15) is 5.75 Å². The lowest BCUT2D eigenvalue weighted by atomic mass is 9.94. The molecule has 0 aliphatic carbocycles. The fraction of sp³-hybridized carbons (Fsp3) is 0.667. The van der Waals surface area contributed by atoms with Gasteiger partial charge in [-0.3, -0.25) is 4.98 Å². The first-order chi connectivity index (χ1) is 9.45. The van der Waals surface area contributed by atoms with E-state index in [0.717, 1.165) is 12.1 Å². The van der Waals surface area contributed by atoms with Crippen LogP contribution in [0.2, 0.25) is 0 Å². The molecule has 114 valence electrons. The minimum Gasteiger partial charge on any atom is -0.489 e. The second-order valence-corrected chi connectivity index (χ2v) is 5.34. The Morgan fingerprint density at radius 1 is 1.35 bits per heavy atom. The van der Waals surface area contributed by atoms with Crippen LogP contribution in [-0.2, 0) is 10.3 Å². The molecule has 0 saturated heterocycles. The number of pyridine rings is 1. The number of ether oxygens (including phenoxy) is 2. The van der Waals surface area contributed by atoms with E-state index in [0.29, 0.717) is 25.3 Å². The van der Waals surface area contributed by atoms with Gasteiger partial charge in [0, 0.05) is 25.4 Å². The number of nitrogens with zero attached hydrogens (tertiary/aromatic N) is 1. The van der Waals surface area contributed by atoms with Crippen LogP contribution >= 0.6 is 0 Å². The van der Waals surface area contributed by atoms with Crippen LogP contribution in [0.4, 0.5) is 0 Å². The standard InChI is InChI=1S/C15H26N2O3/c1-12(2)20-14-9-13(10-17-11-14)15(3,18)5-6-16-7-8-19-4/h9-12,16,18H,5-8H2,1-4H3. The number of aliphatic hydroxyl groups is 1. The van der Waals surface area contributed by atoms with Crippen molar-refractivity contribution in [3.63, 3.8) is 0 Å². The number of hydrogen-bond donors (Lipinski definition) is 2. The summed E-state index contributed by atoms with van der Waals surface area (Å²) in [5, 5.41) is 13.8. The number of hydrogen-bond acceptors (Lipinski definition) is 5. The molecule has 5 heteroatoms. The first kappa shape index (κ1) is 16.9. The summed E-state index contributed by atoms with van der Waals surface area (Å²) in [7, 11) is 1.67. The fourth-order valence-corrected chi connectivity index (χ4v) is 1.83. The maximum atomic E-state index is 10.5. The van der Waals surface area contributed by atoms with Gasteiger partial charge in [-0.2, -0.15) is 0 Å². The molecular formula is C15H26N2O3. The van der Waals surface area contributed by atoms with Crippen molar-refractivity contribution < 1.29 is 14.6 Å². The molecule has 1 aromatic heterocycles. The number of nitrogens with one attached hydrogen (secondary N) is 1. The SMILES string of the molecule is COCCNCCC(C)(O)c1cncc(OC(C)C)c1. The van der Waals surface area contributed by atoms with Crippen LogP contribution in [0, 0.1) is 0 Å². The quantitative estimate of drug-likeness (QED) is 0.675. The van der Waals surface area contributed by atoms with Gasteiger partial charge >= 0.3 is 0 Å². The van der Waals surface area contributed by atoms with E-state index in [-0.39, 0.29) is 6.10 Å². The Labute approximate surface area is 121 Å². The molecule has 1 aromatic rings. The maximum absolute atomic E-state index is 10.5. The molecule has 2 N–H and O–H groups in total. The van der Waals surface area contributed by atoms with Gasteiger partial charge in [0.2, 0.25) is 0 Å². The number of methoxy groups -OCH3 is 1. The van der Waals surface area contributed by atoms with Crippen LogP contribution in [0.5, 0.6) is 5.75 Å². The third kappa shape index (κ3) is 5.86. The third-order valence-corrected chi connectivity index (χ3v) is 2.98. The van der Waals surface area contributed by atoms with Crippen LogP contribution in [0.25, 0.3) is 0 Å². The topological polar surface area (TPSA) is 63.6 Å². The third-order valence-electron chi connectivity index (χ3n) is 2.98. The van der Waals surface area contributed by atoms with Crippen molar-refractivity contribution >= 4 is 0 Å². The summed E-state index contributed by atoms with van der Waals surface area (Å²) < 4.78 is 10.6. The molecule has 0 aliphatic heterocycles. The minimum absolute atomic E-state index is 0.0905. The van der Waals surface area contributed by atoms with E-state index < -0.39 is 5.60 Å². The van der Waals surface area contributed by atoms with Crippen molar-refractivity contribution in [2.24, 2.45) is 0 Å². The van der Waals surface area contributed by atoms with Crippen molar-refractivity contribution in [3.05, 3.63) is 24.0 Å². The molecule has 0 spiro atoms. The molecule has 0 saturated carbocycles. The van der Waals surface area contributed by atoms with Gasteiger partial charge < -0.3 is 19.9 Å². The molecule has 0 bridgehead atoms. The van der Waals surface area contributed by atoms with Crippen molar-refractivity contribution in [3.8, 4) is 5.75 Å². The Morgan fingerprint density at radius 2 is 2.10 bits per heavy atom. The Morgan fingerprint density at radius 3 is 2.75 bits per heavy atom. The van der Waals surface area contributed by atoms with E-state index in [4.69, 9.17) is 9.47 Å². The Kier molecular flexibility index (Phi) is 6.91. The highest BCUT2D eigenvalue weighted by atomic mass is 16.5. The van der Waals surface area contributed by atoms with Gasteiger partial charge in [-0.25, -0.2) is 0 Å². The van der Waals surface area contributed by atoms with Gasteiger partial charge in [-0.05, 0) is 39.8 Å². The van der Waals surface area contributed by atoms with E-state index >= 15 is 0 Å². The zero-order valence-electron chi connectivity index (χ0n) is 12.8. The summed E-state index contributed by atoms with van der Waals surface area (Å²) in [6.45, 7) is 7.88. The van der Waals surface area contributed by atoms with Crippen LogP contribution in [-0.4, -0.2) is 43.0 Å². The highest BCUT2D eigenvalue weighted by Crippen LogP contribution is 2.26. The van der Waals surface area contributed by atoms with Gasteiger partial charge in [0.25, 0.3) is 0 Å². The van der Waals surface area contributed by atoms with E-state index in [2.05, 4.69) is 10.3 Å². The second-order valence-electron chi connectivity index (χ2n) is 5.34. The van der Waals surface area contributed by atoms with Gasteiger partial charge in [0.15, 0.2) is 0 Å². The molecule has 1 unspecified atom stereocenters. The lowest BCUT2D eigenvalue weighted by Gasteiger charge is -2.24. The lowest BCUT2D eigenvalue weighted by Crippen LogP contribution is -2.29. The summed E-state index contributed by atoms with van der Waals surface area (Å²) in [4.78, 5) is 4.14. The molecule has 0 aromatic carbocycles. The molecule has 0 aliphatic rings. The lowest BCUT2D eigenvalue weighted by molar-refractivity contribution is 0.0467. The predicted molar refractivity (Wildman–Crippen MR) is 78.9 cm³/mol. The Bertz CT molecular complexity index is 394. The monoisotopic (exact) mass is 282 g/mol. The molecule has 20 heavy (non-hydrogen) atoms. The predicted octanol–water partition coefficient (Wildman–Crippen LogP) is 1.70. The first-order valence-corrected chi connectivity index (χ1v) is 7.00. The van der Waals surface area contributed by atoms with Crippen molar-refractivity contribution in [2.75, 3.05) is 26.8 Å². The normalized spacial score (nSPS) is 14.3. The van der Waals surface area contributed by atoms with Crippen LogP contribution in [0.3, 0.4) is 0 Å². The van der Waals surface area contributed by atoms with E-state index in [1.807, 2.05) is 19.9 Å². The fourth-order valence-electron chi connectivity index (χ4n) is 1.83. The first-order valence-electron chi connectivity index (χ1n) is 7.00. The highest BCUT2D eigenvalue weighted by molar-refractivity contribution is 5.27. The summed E-state index contributed by atoms with van der Waals surface area (Å²) in [6.07, 6.45) is 4.04. The molecule has 0 amide bonds. The van der Waals surface area contributed by atoms with E-state index in [1.54, 1.807) is 26.4 Å². The number of aromatic nitrogens is 1. The molecular weight excluding hydrogens is 256 g/mol. The summed E-state index contributed by atoms with van der Waals surface area (Å²) >= 11 is 0. The van der Waals surface area contributed by atoms with Crippen molar-refractivity contribution in [1.29, 1.82) is 0 Å². The summed E-state index contributed by atoms with van der Waals surface area (Å²) in [5.74, 6) is 0.685. The van der Waals surface area contributed by atoms with Crippen molar-refractivity contribution in [2.45, 2.75) is 38.9 Å². The van der Waals surface area contributed by atoms with Crippen LogP contribution in [0.1, 0.15) is 32.8 Å². The second kappa shape index (κ2) is 8.19. The van der Waals surface area contributed by atoms with Gasteiger partial charge in [-0.1, -0.05) is 0 Å². The van der Waals surface area contributed by atoms with E-state index in [1.165, 1.54) is 0 Å². The van der Waals surface area contributed by atoms with Crippen molar-refractivity contribution in [1.82, 2.24) is 10.3 Å². The zero-order chi connectivity index (χ0) is 15.0. The Hall–Kier alpha value is -1.17. The summed E-state index contributed by atoms with van der Waals surface area (Å²) in [6, 6.07) is 1.85. The average Bonchev–Trinajstić information content (AvgIpc) is 2.38. The molecule has 1 rings (SSSR count). The largest absolute Gasteiger partial charge is 0.489 e. The highest BCUT2D eigenvalue weighted by Gasteiger charge is 2.23. The smallest absolute Gasteiger partial charge is 0.138 e. The zero-order valence-corrected chi connectivity index (χ0v) is 12.8. The molecule has 1 heterocycles. The number of rotatable bonds is 9. The Balaban J connectivity index is 2.57. The van der Waals surface area contributed by atoms with Gasteiger partial charge in [0.05, 0.1) is 24.5 Å². The van der Waals surface area contributed by atoms with Crippen LogP contribution in [0.15, 0.2) is 18.5 Å². The summed E-state index contributed by atoms with van der Waals surface area (Å²) in [5.41, 5.74) is -0.159. The molecule has 5 nitrogen and oxygen atoms in total. The average molecular weight is 282 g/mol.